The highest BCUT2D eigenvalue weighted by atomic mass is 19.1. The molecule has 3 rings (SSSR count). The van der Waals surface area contributed by atoms with Gasteiger partial charge in [-0.3, -0.25) is 15.0 Å². The molecule has 2 atom stereocenters. The largest absolute Gasteiger partial charge is 0.384 e. The van der Waals surface area contributed by atoms with Gasteiger partial charge in [-0.1, -0.05) is 18.2 Å². The molecule has 0 spiro atoms. The van der Waals surface area contributed by atoms with Crippen LogP contribution in [0.4, 0.5) is 15.8 Å². The molecule has 0 aliphatic carbocycles. The highest BCUT2D eigenvalue weighted by molar-refractivity contribution is 6.04. The third kappa shape index (κ3) is 4.00. The number of anilines is 2. The number of nitrogens with two attached hydrogens (primary N) is 1. The summed E-state index contributed by atoms with van der Waals surface area (Å²) in [6, 6.07) is 12.4. The van der Waals surface area contributed by atoms with Gasteiger partial charge < -0.3 is 25.8 Å². The summed E-state index contributed by atoms with van der Waals surface area (Å²) in [7, 11) is 0. The number of aliphatic hydroxyl groups is 1. The van der Waals surface area contributed by atoms with Gasteiger partial charge in [-0.15, -0.1) is 0 Å². The van der Waals surface area contributed by atoms with Crippen molar-refractivity contribution in [1.82, 2.24) is 0 Å². The van der Waals surface area contributed by atoms with Gasteiger partial charge in [0.05, 0.1) is 12.2 Å². The first-order chi connectivity index (χ1) is 13.4. The Morgan fingerprint density at radius 2 is 2.04 bits per heavy atom. The second kappa shape index (κ2) is 8.15. The first-order valence-electron chi connectivity index (χ1n) is 8.49. The first kappa shape index (κ1) is 19.5. The van der Waals surface area contributed by atoms with Gasteiger partial charge in [0.2, 0.25) is 0 Å². The number of halogens is 1. The number of ether oxygens (including phenoxy) is 1. The van der Waals surface area contributed by atoms with Crippen molar-refractivity contribution in [2.24, 2.45) is 5.73 Å². The van der Waals surface area contributed by atoms with Crippen LogP contribution in [0.25, 0.3) is 0 Å². The van der Waals surface area contributed by atoms with Crippen molar-refractivity contribution in [2.45, 2.75) is 12.2 Å². The third-order valence-electron chi connectivity index (χ3n) is 4.27. The molecule has 0 aromatic heterocycles. The van der Waals surface area contributed by atoms with E-state index >= 15 is 0 Å². The molecule has 28 heavy (non-hydrogen) atoms. The van der Waals surface area contributed by atoms with E-state index in [1.807, 2.05) is 6.07 Å². The van der Waals surface area contributed by atoms with Crippen LogP contribution in [0.5, 0.6) is 0 Å². The van der Waals surface area contributed by atoms with Crippen molar-refractivity contribution in [3.8, 4) is 0 Å². The number of aliphatic hydroxyl groups excluding tert-OH is 1. The van der Waals surface area contributed by atoms with Gasteiger partial charge >= 0.3 is 0 Å². The molecule has 1 heterocycles. The Hall–Kier alpha value is -3.30. The van der Waals surface area contributed by atoms with E-state index < -0.39 is 35.7 Å². The Bertz CT molecular complexity index is 906. The zero-order valence-electron chi connectivity index (χ0n) is 14.8. The number of para-hydroxylation sites is 1. The minimum Gasteiger partial charge on any atom is -0.384 e. The van der Waals surface area contributed by atoms with Gasteiger partial charge in [-0.25, -0.2) is 4.39 Å². The second-order valence-corrected chi connectivity index (χ2v) is 6.16. The standard InChI is InChI=1S/C19H19FN4O4/c20-14-10-11(6-7-13(14)17(21)22)23-18(26)15(25)16-19(27)24(8-9-28-16)12-4-2-1-3-5-12/h1-7,10,15-16,25H,8-9H2,(H3,21,22)(H,23,26)/t15-,16-/m1/s1. The smallest absolute Gasteiger partial charge is 0.259 e. The van der Waals surface area contributed by atoms with Gasteiger partial charge in [0.1, 0.15) is 11.7 Å². The fourth-order valence-electron chi connectivity index (χ4n) is 2.86. The summed E-state index contributed by atoms with van der Waals surface area (Å²) in [5, 5.41) is 19.9. The molecule has 146 valence electrons. The number of morpholine rings is 1. The summed E-state index contributed by atoms with van der Waals surface area (Å²) in [5.74, 6) is -2.70. The van der Waals surface area contributed by atoms with Crippen LogP contribution in [0, 0.1) is 11.2 Å². The van der Waals surface area contributed by atoms with Gasteiger partial charge in [-0.2, -0.15) is 0 Å². The Kier molecular flexibility index (Phi) is 5.67. The molecule has 2 amide bonds. The molecule has 2 aromatic rings. The monoisotopic (exact) mass is 386 g/mol. The fourth-order valence-corrected chi connectivity index (χ4v) is 2.86. The average molecular weight is 386 g/mol. The molecular formula is C19H19FN4O4. The van der Waals surface area contributed by atoms with Crippen LogP contribution in [0.15, 0.2) is 48.5 Å². The topological polar surface area (TPSA) is 129 Å². The van der Waals surface area contributed by atoms with Gasteiger partial charge in [0.15, 0.2) is 12.2 Å². The summed E-state index contributed by atoms with van der Waals surface area (Å²) >= 11 is 0. The van der Waals surface area contributed by atoms with Crippen molar-refractivity contribution in [3.63, 3.8) is 0 Å². The van der Waals surface area contributed by atoms with E-state index in [-0.39, 0.29) is 17.9 Å². The summed E-state index contributed by atoms with van der Waals surface area (Å²) in [4.78, 5) is 26.4. The molecule has 5 N–H and O–H groups in total. The lowest BCUT2D eigenvalue weighted by Gasteiger charge is -2.34. The molecule has 0 unspecified atom stereocenters. The van der Waals surface area contributed by atoms with E-state index in [9.17, 15) is 19.1 Å². The fraction of sp³-hybridized carbons (Fsp3) is 0.211. The number of amides is 2. The van der Waals surface area contributed by atoms with Crippen molar-refractivity contribution in [2.75, 3.05) is 23.4 Å². The molecule has 0 radical (unpaired) electrons. The van der Waals surface area contributed by atoms with Gasteiger partial charge in [-0.05, 0) is 30.3 Å². The average Bonchev–Trinajstić information content (AvgIpc) is 2.68. The predicted molar refractivity (Wildman–Crippen MR) is 101 cm³/mol. The van der Waals surface area contributed by atoms with Crippen LogP contribution < -0.4 is 16.0 Å². The van der Waals surface area contributed by atoms with Crippen LogP contribution >= 0.6 is 0 Å². The molecule has 0 saturated carbocycles. The minimum atomic E-state index is -1.78. The van der Waals surface area contributed by atoms with Crippen molar-refractivity contribution in [3.05, 3.63) is 59.9 Å². The highest BCUT2D eigenvalue weighted by Crippen LogP contribution is 2.21. The maximum Gasteiger partial charge on any atom is 0.259 e. The zero-order valence-corrected chi connectivity index (χ0v) is 14.8. The second-order valence-electron chi connectivity index (χ2n) is 6.16. The maximum absolute atomic E-state index is 13.9. The molecule has 1 aliphatic heterocycles. The van der Waals surface area contributed by atoms with E-state index in [1.54, 1.807) is 24.3 Å². The van der Waals surface area contributed by atoms with E-state index in [2.05, 4.69) is 5.32 Å². The molecule has 8 nitrogen and oxygen atoms in total. The molecule has 1 fully saturated rings. The minimum absolute atomic E-state index is 0.0507. The van der Waals surface area contributed by atoms with E-state index in [0.717, 1.165) is 6.07 Å². The number of rotatable bonds is 5. The number of amidine groups is 1. The number of nitrogen functional groups attached to an aromatic ring is 1. The van der Waals surface area contributed by atoms with E-state index in [0.29, 0.717) is 12.2 Å². The van der Waals surface area contributed by atoms with Crippen LogP contribution in [0.1, 0.15) is 5.56 Å². The zero-order chi connectivity index (χ0) is 20.3. The van der Waals surface area contributed by atoms with Crippen LogP contribution in [-0.4, -0.2) is 48.1 Å². The van der Waals surface area contributed by atoms with Gasteiger partial charge in [0.25, 0.3) is 11.8 Å². The van der Waals surface area contributed by atoms with Crippen molar-refractivity contribution < 1.29 is 23.8 Å². The number of carbonyl (C=O) groups is 2. The predicted octanol–water partition coefficient (Wildman–Crippen LogP) is 0.841. The summed E-state index contributed by atoms with van der Waals surface area (Å²) in [6.07, 6.45) is -3.16. The molecule has 2 aromatic carbocycles. The maximum atomic E-state index is 13.9. The Morgan fingerprint density at radius 1 is 1.32 bits per heavy atom. The van der Waals surface area contributed by atoms with Crippen LogP contribution in [0.3, 0.4) is 0 Å². The number of hydrogen-bond acceptors (Lipinski definition) is 5. The number of nitrogens with zero attached hydrogens (tertiary/aromatic N) is 1. The SMILES string of the molecule is N=C(N)c1ccc(NC(=O)[C@H](O)[C@H]2OCCN(c3ccccc3)C2=O)cc1F. The quantitative estimate of drug-likeness (QED) is 0.447. The Morgan fingerprint density at radius 3 is 2.68 bits per heavy atom. The van der Waals surface area contributed by atoms with Crippen LogP contribution in [-0.2, 0) is 14.3 Å². The highest BCUT2D eigenvalue weighted by Gasteiger charge is 2.39. The lowest BCUT2D eigenvalue weighted by atomic mass is 10.1. The summed E-state index contributed by atoms with van der Waals surface area (Å²) in [6.45, 7) is 0.447. The van der Waals surface area contributed by atoms with Crippen molar-refractivity contribution >= 4 is 29.0 Å². The summed E-state index contributed by atoms with van der Waals surface area (Å²) in [5.41, 5.74) is 5.82. The normalized spacial score (nSPS) is 17.9. The number of hydrogen-bond donors (Lipinski definition) is 4. The lowest BCUT2D eigenvalue weighted by Crippen LogP contribution is -2.55. The van der Waals surface area contributed by atoms with Gasteiger partial charge in [0, 0.05) is 17.9 Å². The van der Waals surface area contributed by atoms with Crippen molar-refractivity contribution in [1.29, 1.82) is 5.41 Å². The summed E-state index contributed by atoms with van der Waals surface area (Å²) < 4.78 is 19.2. The molecular weight excluding hydrogens is 367 g/mol. The third-order valence-corrected chi connectivity index (χ3v) is 4.27. The first-order valence-corrected chi connectivity index (χ1v) is 8.49. The van der Waals surface area contributed by atoms with Crippen LogP contribution in [0.2, 0.25) is 0 Å². The number of benzene rings is 2. The lowest BCUT2D eigenvalue weighted by molar-refractivity contribution is -0.150. The Balaban J connectivity index is 1.71. The molecule has 0 bridgehead atoms. The molecule has 9 heteroatoms. The molecule has 1 aliphatic rings. The van der Waals surface area contributed by atoms with E-state index in [1.165, 1.54) is 17.0 Å². The number of carbonyl (C=O) groups excluding carboxylic acids is 2. The molecule has 1 saturated heterocycles. The van der Waals surface area contributed by atoms with E-state index in [4.69, 9.17) is 15.9 Å². The number of nitrogens with one attached hydrogen (secondary N) is 2. The Labute approximate surface area is 160 Å².